The van der Waals surface area contributed by atoms with Crippen molar-refractivity contribution in [3.63, 3.8) is 0 Å². The molecule has 0 aliphatic carbocycles. The number of hydrogen-bond donors (Lipinski definition) is 1. The molecule has 3 heterocycles. The lowest BCUT2D eigenvalue weighted by molar-refractivity contribution is -0.383. The molecule has 2 N–H and O–H groups in total. The molecule has 0 saturated carbocycles. The summed E-state index contributed by atoms with van der Waals surface area (Å²) in [5.41, 5.74) is 5.76. The number of aromatic nitrogens is 2. The predicted octanol–water partition coefficient (Wildman–Crippen LogP) is 2.05. The lowest BCUT2D eigenvalue weighted by atomic mass is 9.92. The molecule has 1 aromatic rings. The highest BCUT2D eigenvalue weighted by Gasteiger charge is 2.31. The Morgan fingerprint density at radius 2 is 1.74 bits per heavy atom. The fraction of sp³-hybridized carbons (Fsp3) is 0.733. The van der Waals surface area contributed by atoms with Gasteiger partial charge in [0.25, 0.3) is 0 Å². The maximum Gasteiger partial charge on any atom is 0.353 e. The molecule has 126 valence electrons. The zero-order chi connectivity index (χ0) is 16.6. The first-order valence-electron chi connectivity index (χ1n) is 8.27. The highest BCUT2D eigenvalue weighted by atomic mass is 16.6. The van der Waals surface area contributed by atoms with Crippen LogP contribution < -0.4 is 15.5 Å². The Kier molecular flexibility index (Phi) is 4.23. The lowest BCUT2D eigenvalue weighted by Gasteiger charge is -2.35. The molecular formula is C15H24N6O2. The second kappa shape index (κ2) is 6.17. The number of hydrogen-bond acceptors (Lipinski definition) is 7. The van der Waals surface area contributed by atoms with Crippen LogP contribution in [0.5, 0.6) is 0 Å². The van der Waals surface area contributed by atoms with Crippen molar-refractivity contribution >= 4 is 23.3 Å². The SMILES string of the molecule is C[C@@H]1C[C@@H](C)CN(c2nc(N)c([N+](=O)[O-])c(N3CCCC3)n2)C1. The van der Waals surface area contributed by atoms with Crippen LogP contribution in [0.15, 0.2) is 0 Å². The third kappa shape index (κ3) is 3.16. The molecule has 8 heteroatoms. The fourth-order valence-corrected chi connectivity index (χ4v) is 3.74. The highest BCUT2D eigenvalue weighted by Crippen LogP contribution is 2.35. The molecule has 0 bridgehead atoms. The second-order valence-corrected chi connectivity index (χ2v) is 6.88. The van der Waals surface area contributed by atoms with Gasteiger partial charge in [0.15, 0.2) is 0 Å². The normalized spacial score (nSPS) is 25.0. The first-order chi connectivity index (χ1) is 11.0. The van der Waals surface area contributed by atoms with Gasteiger partial charge in [0, 0.05) is 26.2 Å². The fourth-order valence-electron chi connectivity index (χ4n) is 3.74. The van der Waals surface area contributed by atoms with E-state index in [1.807, 2.05) is 4.90 Å². The van der Waals surface area contributed by atoms with E-state index in [2.05, 4.69) is 28.7 Å². The van der Waals surface area contributed by atoms with E-state index in [4.69, 9.17) is 5.73 Å². The number of nitrogens with zero attached hydrogens (tertiary/aromatic N) is 5. The molecule has 2 saturated heterocycles. The van der Waals surface area contributed by atoms with Gasteiger partial charge in [0.2, 0.25) is 17.6 Å². The van der Waals surface area contributed by atoms with Crippen LogP contribution in [0.4, 0.5) is 23.3 Å². The van der Waals surface area contributed by atoms with Gasteiger partial charge in [0.05, 0.1) is 4.92 Å². The summed E-state index contributed by atoms with van der Waals surface area (Å²) in [5, 5.41) is 11.4. The summed E-state index contributed by atoms with van der Waals surface area (Å²) < 4.78 is 0. The first-order valence-corrected chi connectivity index (χ1v) is 8.27. The monoisotopic (exact) mass is 320 g/mol. The average Bonchev–Trinajstić information content (AvgIpc) is 2.98. The number of nitrogens with two attached hydrogens (primary N) is 1. The van der Waals surface area contributed by atoms with Gasteiger partial charge < -0.3 is 15.5 Å². The van der Waals surface area contributed by atoms with Gasteiger partial charge in [-0.1, -0.05) is 13.8 Å². The van der Waals surface area contributed by atoms with E-state index < -0.39 is 4.92 Å². The molecule has 3 rings (SSSR count). The Labute approximate surface area is 135 Å². The number of rotatable bonds is 3. The van der Waals surface area contributed by atoms with Gasteiger partial charge in [-0.3, -0.25) is 10.1 Å². The summed E-state index contributed by atoms with van der Waals surface area (Å²) in [6.45, 7) is 7.70. The maximum absolute atomic E-state index is 11.4. The molecule has 2 aliphatic heterocycles. The molecule has 2 aliphatic rings. The van der Waals surface area contributed by atoms with E-state index in [1.165, 1.54) is 6.42 Å². The molecule has 1 aromatic heterocycles. The third-order valence-electron chi connectivity index (χ3n) is 4.62. The Bertz CT molecular complexity index is 592. The van der Waals surface area contributed by atoms with E-state index in [9.17, 15) is 10.1 Å². The van der Waals surface area contributed by atoms with Crippen LogP contribution in [0.2, 0.25) is 0 Å². The van der Waals surface area contributed by atoms with Crippen molar-refractivity contribution in [2.75, 3.05) is 41.7 Å². The van der Waals surface area contributed by atoms with E-state index in [1.54, 1.807) is 0 Å². The van der Waals surface area contributed by atoms with Crippen molar-refractivity contribution in [1.29, 1.82) is 0 Å². The third-order valence-corrected chi connectivity index (χ3v) is 4.62. The van der Waals surface area contributed by atoms with Crippen molar-refractivity contribution < 1.29 is 4.92 Å². The van der Waals surface area contributed by atoms with Crippen LogP contribution in [0.25, 0.3) is 0 Å². The van der Waals surface area contributed by atoms with Gasteiger partial charge in [-0.05, 0) is 31.1 Å². The van der Waals surface area contributed by atoms with E-state index in [-0.39, 0.29) is 11.5 Å². The largest absolute Gasteiger partial charge is 0.378 e. The van der Waals surface area contributed by atoms with Crippen LogP contribution in [0.3, 0.4) is 0 Å². The Morgan fingerprint density at radius 3 is 2.30 bits per heavy atom. The molecule has 0 aromatic carbocycles. The summed E-state index contributed by atoms with van der Waals surface area (Å²) >= 11 is 0. The second-order valence-electron chi connectivity index (χ2n) is 6.88. The molecule has 0 amide bonds. The summed E-state index contributed by atoms with van der Waals surface area (Å²) in [6.07, 6.45) is 3.22. The van der Waals surface area contributed by atoms with Crippen LogP contribution in [0, 0.1) is 22.0 Å². The van der Waals surface area contributed by atoms with Crippen molar-refractivity contribution in [3.8, 4) is 0 Å². The minimum atomic E-state index is -0.464. The molecule has 0 radical (unpaired) electrons. The first kappa shape index (κ1) is 15.8. The smallest absolute Gasteiger partial charge is 0.353 e. The van der Waals surface area contributed by atoms with Gasteiger partial charge in [0.1, 0.15) is 0 Å². The van der Waals surface area contributed by atoms with Crippen molar-refractivity contribution in [3.05, 3.63) is 10.1 Å². The Hall–Kier alpha value is -2.12. The van der Waals surface area contributed by atoms with E-state index >= 15 is 0 Å². The minimum absolute atomic E-state index is 0.0345. The number of piperidine rings is 1. The number of nitro groups is 1. The molecule has 2 atom stereocenters. The predicted molar refractivity (Wildman–Crippen MR) is 89.7 cm³/mol. The average molecular weight is 320 g/mol. The molecule has 23 heavy (non-hydrogen) atoms. The van der Waals surface area contributed by atoms with Gasteiger partial charge >= 0.3 is 5.69 Å². The molecule has 0 spiro atoms. The molecule has 0 unspecified atom stereocenters. The van der Waals surface area contributed by atoms with Crippen LogP contribution in [0.1, 0.15) is 33.1 Å². The van der Waals surface area contributed by atoms with E-state index in [0.717, 1.165) is 39.0 Å². The zero-order valence-corrected chi connectivity index (χ0v) is 13.7. The zero-order valence-electron chi connectivity index (χ0n) is 13.7. The van der Waals surface area contributed by atoms with Crippen molar-refractivity contribution in [2.45, 2.75) is 33.1 Å². The molecule has 8 nitrogen and oxygen atoms in total. The number of anilines is 3. The number of nitrogen functional groups attached to an aromatic ring is 1. The lowest BCUT2D eigenvalue weighted by Crippen LogP contribution is -2.40. The topological polar surface area (TPSA) is 101 Å². The van der Waals surface area contributed by atoms with Crippen LogP contribution in [-0.2, 0) is 0 Å². The minimum Gasteiger partial charge on any atom is -0.378 e. The van der Waals surface area contributed by atoms with Gasteiger partial charge in [-0.25, -0.2) is 0 Å². The van der Waals surface area contributed by atoms with Crippen molar-refractivity contribution in [1.82, 2.24) is 9.97 Å². The summed E-state index contributed by atoms with van der Waals surface area (Å²) in [6, 6.07) is 0. The summed E-state index contributed by atoms with van der Waals surface area (Å²) in [7, 11) is 0. The standard InChI is InChI=1S/C15H24N6O2/c1-10-7-11(2)9-20(8-10)15-17-13(16)12(21(22)23)14(18-15)19-5-3-4-6-19/h10-11H,3-9H2,1-2H3,(H2,16,17,18)/t10-,11-/m1/s1. The highest BCUT2D eigenvalue weighted by molar-refractivity contribution is 5.71. The maximum atomic E-state index is 11.4. The van der Waals surface area contributed by atoms with Crippen molar-refractivity contribution in [2.24, 2.45) is 11.8 Å². The Morgan fingerprint density at radius 1 is 1.13 bits per heavy atom. The van der Waals surface area contributed by atoms with E-state index in [0.29, 0.717) is 23.6 Å². The van der Waals surface area contributed by atoms with Gasteiger partial charge in [-0.15, -0.1) is 0 Å². The quantitative estimate of drug-likeness (QED) is 0.671. The van der Waals surface area contributed by atoms with Crippen LogP contribution >= 0.6 is 0 Å². The molecule has 2 fully saturated rings. The Balaban J connectivity index is 2.00. The summed E-state index contributed by atoms with van der Waals surface area (Å²) in [5.74, 6) is 1.96. The van der Waals surface area contributed by atoms with Crippen LogP contribution in [-0.4, -0.2) is 41.1 Å². The van der Waals surface area contributed by atoms with Gasteiger partial charge in [-0.2, -0.15) is 9.97 Å². The summed E-state index contributed by atoms with van der Waals surface area (Å²) in [4.78, 5) is 23.8. The molecular weight excluding hydrogens is 296 g/mol.